The Labute approximate surface area is 179 Å². The molecule has 0 radical (unpaired) electrons. The van der Waals surface area contributed by atoms with E-state index in [2.05, 4.69) is 17.4 Å². The molecule has 3 aromatic rings. The fourth-order valence-electron chi connectivity index (χ4n) is 3.99. The Kier molecular flexibility index (Phi) is 5.79. The van der Waals surface area contributed by atoms with Crippen molar-refractivity contribution >= 4 is 11.8 Å². The maximum absolute atomic E-state index is 12.2. The quantitative estimate of drug-likeness (QED) is 0.391. The first-order chi connectivity index (χ1) is 15.0. The molecule has 160 valence electrons. The standard InChI is InChI=1S/C24H24N2O5/c25-21-11-14(27)9-10-19(21)23(29)22(28)12-26-24(30)31-13-20-17-7-3-1-5-15(17)16-6-2-4-8-18(16)20/h1-11,20,22-23,27-29H,12-13,25H2,(H,26,30). The molecule has 1 aliphatic rings. The molecule has 7 nitrogen and oxygen atoms in total. The average molecular weight is 420 g/mol. The van der Waals surface area contributed by atoms with Gasteiger partial charge in [-0.05, 0) is 28.3 Å². The van der Waals surface area contributed by atoms with Gasteiger partial charge in [-0.2, -0.15) is 0 Å². The van der Waals surface area contributed by atoms with Crippen molar-refractivity contribution in [1.29, 1.82) is 0 Å². The highest BCUT2D eigenvalue weighted by molar-refractivity contribution is 5.79. The third-order valence-electron chi connectivity index (χ3n) is 5.55. The van der Waals surface area contributed by atoms with Gasteiger partial charge >= 0.3 is 6.09 Å². The number of hydrogen-bond donors (Lipinski definition) is 5. The van der Waals surface area contributed by atoms with E-state index >= 15 is 0 Å². The minimum atomic E-state index is -1.32. The molecule has 0 bridgehead atoms. The predicted molar refractivity (Wildman–Crippen MR) is 117 cm³/mol. The SMILES string of the molecule is Nc1cc(O)ccc1C(O)C(O)CNC(=O)OCC1c2ccccc2-c2ccccc21. The second-order valence-electron chi connectivity index (χ2n) is 7.53. The molecule has 0 heterocycles. The van der Waals surface area contributed by atoms with E-state index in [0.29, 0.717) is 0 Å². The average Bonchev–Trinajstić information content (AvgIpc) is 3.09. The van der Waals surface area contributed by atoms with Crippen LogP contribution in [0.3, 0.4) is 0 Å². The van der Waals surface area contributed by atoms with Crippen molar-refractivity contribution < 1.29 is 24.9 Å². The number of aromatic hydroxyl groups is 1. The third kappa shape index (κ3) is 4.19. The summed E-state index contributed by atoms with van der Waals surface area (Å²) in [5.74, 6) is -0.106. The first-order valence-corrected chi connectivity index (χ1v) is 9.99. The monoisotopic (exact) mass is 420 g/mol. The topological polar surface area (TPSA) is 125 Å². The zero-order chi connectivity index (χ0) is 22.0. The molecular formula is C24H24N2O5. The number of phenolic OH excluding ortho intramolecular Hbond substituents is 1. The van der Waals surface area contributed by atoms with Crippen LogP contribution in [0, 0.1) is 0 Å². The number of aliphatic hydroxyl groups excluding tert-OH is 2. The van der Waals surface area contributed by atoms with Gasteiger partial charge in [-0.25, -0.2) is 4.79 Å². The smallest absolute Gasteiger partial charge is 0.407 e. The second-order valence-corrected chi connectivity index (χ2v) is 7.53. The van der Waals surface area contributed by atoms with Crippen LogP contribution in [0.5, 0.6) is 5.75 Å². The Bertz CT molecular complexity index is 1060. The first-order valence-electron chi connectivity index (χ1n) is 9.99. The molecule has 1 aliphatic carbocycles. The molecule has 3 aromatic carbocycles. The minimum Gasteiger partial charge on any atom is -0.508 e. The van der Waals surface area contributed by atoms with Crippen molar-refractivity contribution in [1.82, 2.24) is 5.32 Å². The summed E-state index contributed by atoms with van der Waals surface area (Å²) in [6.07, 6.45) is -3.31. The van der Waals surface area contributed by atoms with Gasteiger partial charge < -0.3 is 31.1 Å². The number of nitrogens with two attached hydrogens (primary N) is 1. The number of hydrogen-bond acceptors (Lipinski definition) is 6. The summed E-state index contributed by atoms with van der Waals surface area (Å²) >= 11 is 0. The summed E-state index contributed by atoms with van der Waals surface area (Å²) in [6, 6.07) is 20.1. The van der Waals surface area contributed by atoms with Gasteiger partial charge in [0.1, 0.15) is 24.6 Å². The van der Waals surface area contributed by atoms with Crippen LogP contribution in [-0.4, -0.2) is 40.7 Å². The Morgan fingerprint density at radius 1 is 1.00 bits per heavy atom. The van der Waals surface area contributed by atoms with Gasteiger partial charge in [0, 0.05) is 29.8 Å². The van der Waals surface area contributed by atoms with Crippen LogP contribution in [0.2, 0.25) is 0 Å². The number of carbonyl (C=O) groups excluding carboxylic acids is 1. The molecule has 0 aromatic heterocycles. The van der Waals surface area contributed by atoms with E-state index in [4.69, 9.17) is 10.5 Å². The lowest BCUT2D eigenvalue weighted by molar-refractivity contribution is 0.0189. The summed E-state index contributed by atoms with van der Waals surface area (Å²) in [6.45, 7) is -0.0679. The van der Waals surface area contributed by atoms with Crippen LogP contribution < -0.4 is 11.1 Å². The molecule has 2 atom stereocenters. The highest BCUT2D eigenvalue weighted by Crippen LogP contribution is 2.44. The van der Waals surface area contributed by atoms with Gasteiger partial charge in [-0.15, -0.1) is 0 Å². The molecule has 0 saturated heterocycles. The fourth-order valence-corrected chi connectivity index (χ4v) is 3.99. The Morgan fingerprint density at radius 3 is 2.23 bits per heavy atom. The Hall–Kier alpha value is -3.55. The lowest BCUT2D eigenvalue weighted by Crippen LogP contribution is -2.36. The van der Waals surface area contributed by atoms with Crippen LogP contribution in [0.4, 0.5) is 10.5 Å². The zero-order valence-corrected chi connectivity index (χ0v) is 16.7. The number of anilines is 1. The summed E-state index contributed by atoms with van der Waals surface area (Å²) in [7, 11) is 0. The molecule has 0 fully saturated rings. The van der Waals surface area contributed by atoms with Crippen molar-refractivity contribution in [3.05, 3.63) is 83.4 Å². The van der Waals surface area contributed by atoms with E-state index < -0.39 is 18.3 Å². The number of benzene rings is 3. The maximum Gasteiger partial charge on any atom is 0.407 e. The van der Waals surface area contributed by atoms with Crippen LogP contribution >= 0.6 is 0 Å². The largest absolute Gasteiger partial charge is 0.508 e. The third-order valence-corrected chi connectivity index (χ3v) is 5.55. The van der Waals surface area contributed by atoms with E-state index in [1.807, 2.05) is 36.4 Å². The van der Waals surface area contributed by atoms with Crippen molar-refractivity contribution in [2.45, 2.75) is 18.1 Å². The molecule has 0 spiro atoms. The number of carbonyl (C=O) groups is 1. The van der Waals surface area contributed by atoms with Crippen molar-refractivity contribution in [3.63, 3.8) is 0 Å². The van der Waals surface area contributed by atoms with Gasteiger partial charge in [0.2, 0.25) is 0 Å². The van der Waals surface area contributed by atoms with Gasteiger partial charge in [0.25, 0.3) is 0 Å². The maximum atomic E-state index is 12.2. The number of aliphatic hydroxyl groups is 2. The molecule has 0 aliphatic heterocycles. The molecule has 1 amide bonds. The Morgan fingerprint density at radius 2 is 1.61 bits per heavy atom. The highest BCUT2D eigenvalue weighted by atomic mass is 16.5. The number of rotatable bonds is 6. The van der Waals surface area contributed by atoms with E-state index in [1.165, 1.54) is 18.2 Å². The van der Waals surface area contributed by atoms with E-state index in [0.717, 1.165) is 22.3 Å². The van der Waals surface area contributed by atoms with Crippen LogP contribution in [0.15, 0.2) is 66.7 Å². The number of phenols is 1. The van der Waals surface area contributed by atoms with Crippen LogP contribution in [0.25, 0.3) is 11.1 Å². The number of ether oxygens (including phenoxy) is 1. The van der Waals surface area contributed by atoms with Crippen molar-refractivity contribution in [2.24, 2.45) is 0 Å². The van der Waals surface area contributed by atoms with E-state index in [1.54, 1.807) is 0 Å². The summed E-state index contributed by atoms with van der Waals surface area (Å²) < 4.78 is 5.41. The number of amides is 1. The highest BCUT2D eigenvalue weighted by Gasteiger charge is 2.29. The van der Waals surface area contributed by atoms with Gasteiger partial charge in [-0.3, -0.25) is 0 Å². The van der Waals surface area contributed by atoms with Gasteiger partial charge in [0.05, 0.1) is 0 Å². The van der Waals surface area contributed by atoms with E-state index in [-0.39, 0.29) is 36.1 Å². The molecule has 6 N–H and O–H groups in total. The van der Waals surface area contributed by atoms with Crippen molar-refractivity contribution in [3.8, 4) is 16.9 Å². The van der Waals surface area contributed by atoms with Crippen LogP contribution in [-0.2, 0) is 4.74 Å². The minimum absolute atomic E-state index is 0.0419. The van der Waals surface area contributed by atoms with E-state index in [9.17, 15) is 20.1 Å². The molecule has 2 unspecified atom stereocenters. The normalized spacial score (nSPS) is 14.4. The van der Waals surface area contributed by atoms with Crippen LogP contribution in [0.1, 0.15) is 28.7 Å². The number of alkyl carbamates (subject to hydrolysis) is 1. The summed E-state index contributed by atoms with van der Waals surface area (Å²) in [5, 5.41) is 32.4. The summed E-state index contributed by atoms with van der Waals surface area (Å²) in [5.41, 5.74) is 10.7. The number of fused-ring (bicyclic) bond motifs is 3. The molecule has 4 rings (SSSR count). The molecule has 0 saturated carbocycles. The summed E-state index contributed by atoms with van der Waals surface area (Å²) in [4.78, 5) is 12.2. The van der Waals surface area contributed by atoms with Crippen molar-refractivity contribution in [2.75, 3.05) is 18.9 Å². The first kappa shape index (κ1) is 20.7. The lowest BCUT2D eigenvalue weighted by Gasteiger charge is -2.20. The number of nitrogen functional groups attached to an aromatic ring is 1. The lowest BCUT2D eigenvalue weighted by atomic mass is 9.98. The number of nitrogens with one attached hydrogen (secondary N) is 1. The molecule has 31 heavy (non-hydrogen) atoms. The molecular weight excluding hydrogens is 396 g/mol. The zero-order valence-electron chi connectivity index (χ0n) is 16.7. The fraction of sp³-hybridized carbons (Fsp3) is 0.208. The molecule has 7 heteroatoms. The Balaban J connectivity index is 1.35. The van der Waals surface area contributed by atoms with Gasteiger partial charge in [-0.1, -0.05) is 54.6 Å². The van der Waals surface area contributed by atoms with Gasteiger partial charge in [0.15, 0.2) is 0 Å². The predicted octanol–water partition coefficient (Wildman–Crippen LogP) is 2.91. The second kappa shape index (κ2) is 8.67.